The Kier molecular flexibility index (Phi) is 5.28. The van der Waals surface area contributed by atoms with Crippen molar-refractivity contribution in [1.82, 2.24) is 0 Å². The van der Waals surface area contributed by atoms with Crippen LogP contribution in [0.2, 0.25) is 0 Å². The molecule has 0 unspecified atom stereocenters. The van der Waals surface area contributed by atoms with E-state index in [2.05, 4.69) is 19.2 Å². The average Bonchev–Trinajstić information content (AvgIpc) is 2.27. The van der Waals surface area contributed by atoms with Crippen molar-refractivity contribution < 1.29 is 4.92 Å². The number of hydrogen-bond acceptors (Lipinski definition) is 4. The van der Waals surface area contributed by atoms with Gasteiger partial charge in [-0.2, -0.15) is 11.8 Å². The van der Waals surface area contributed by atoms with Gasteiger partial charge in [0.25, 0.3) is 5.69 Å². The third-order valence-corrected chi connectivity index (χ3v) is 3.38. The standard InChI is InChI=1S/C12H18N2O2S/c1-4-13-11-6-5-10(8-17-9(2)3)7-12(11)14(15)16/h5-7,9,13H,4,8H2,1-3H3. The van der Waals surface area contributed by atoms with Crippen LogP contribution in [0, 0.1) is 10.1 Å². The summed E-state index contributed by atoms with van der Waals surface area (Å²) in [5.41, 5.74) is 1.75. The van der Waals surface area contributed by atoms with Gasteiger partial charge in [0.15, 0.2) is 0 Å². The summed E-state index contributed by atoms with van der Waals surface area (Å²) in [6.07, 6.45) is 0. The average molecular weight is 254 g/mol. The molecule has 0 aliphatic heterocycles. The van der Waals surface area contributed by atoms with E-state index in [1.54, 1.807) is 23.9 Å². The van der Waals surface area contributed by atoms with E-state index in [1.807, 2.05) is 13.0 Å². The maximum atomic E-state index is 10.9. The lowest BCUT2D eigenvalue weighted by Gasteiger charge is -2.08. The first-order valence-electron chi connectivity index (χ1n) is 5.67. The van der Waals surface area contributed by atoms with Crippen LogP contribution in [0.15, 0.2) is 18.2 Å². The van der Waals surface area contributed by atoms with Gasteiger partial charge < -0.3 is 5.32 Å². The fraction of sp³-hybridized carbons (Fsp3) is 0.500. The number of thioether (sulfide) groups is 1. The number of benzene rings is 1. The Morgan fingerprint density at radius 1 is 1.47 bits per heavy atom. The lowest BCUT2D eigenvalue weighted by atomic mass is 10.2. The van der Waals surface area contributed by atoms with Gasteiger partial charge in [0, 0.05) is 18.4 Å². The first-order chi connectivity index (χ1) is 8.04. The largest absolute Gasteiger partial charge is 0.380 e. The van der Waals surface area contributed by atoms with Gasteiger partial charge in [-0.1, -0.05) is 19.9 Å². The lowest BCUT2D eigenvalue weighted by Crippen LogP contribution is -2.02. The van der Waals surface area contributed by atoms with Gasteiger partial charge in [-0.15, -0.1) is 0 Å². The van der Waals surface area contributed by atoms with Crippen LogP contribution >= 0.6 is 11.8 Å². The molecule has 4 nitrogen and oxygen atoms in total. The van der Waals surface area contributed by atoms with E-state index in [0.717, 1.165) is 11.3 Å². The molecule has 94 valence electrons. The van der Waals surface area contributed by atoms with Crippen molar-refractivity contribution in [3.8, 4) is 0 Å². The molecule has 1 aromatic carbocycles. The van der Waals surface area contributed by atoms with Gasteiger partial charge in [0.1, 0.15) is 5.69 Å². The van der Waals surface area contributed by atoms with Crippen molar-refractivity contribution in [2.75, 3.05) is 11.9 Å². The number of hydrogen-bond donors (Lipinski definition) is 1. The number of nitro groups is 1. The molecule has 0 fully saturated rings. The van der Waals surface area contributed by atoms with Gasteiger partial charge in [0.2, 0.25) is 0 Å². The van der Waals surface area contributed by atoms with Crippen LogP contribution in [0.1, 0.15) is 26.3 Å². The van der Waals surface area contributed by atoms with E-state index in [1.165, 1.54) is 0 Å². The molecule has 0 saturated carbocycles. The summed E-state index contributed by atoms with van der Waals surface area (Å²) in [4.78, 5) is 10.6. The van der Waals surface area contributed by atoms with Crippen LogP contribution in [0.3, 0.4) is 0 Å². The maximum Gasteiger partial charge on any atom is 0.292 e. The second-order valence-corrected chi connectivity index (χ2v) is 5.56. The summed E-state index contributed by atoms with van der Waals surface area (Å²) >= 11 is 1.78. The summed E-state index contributed by atoms with van der Waals surface area (Å²) < 4.78 is 0. The molecular weight excluding hydrogens is 236 g/mol. The Morgan fingerprint density at radius 2 is 2.18 bits per heavy atom. The molecule has 0 amide bonds. The SMILES string of the molecule is CCNc1ccc(CSC(C)C)cc1[N+](=O)[O-]. The van der Waals surface area contributed by atoms with E-state index in [-0.39, 0.29) is 10.6 Å². The van der Waals surface area contributed by atoms with Crippen molar-refractivity contribution in [2.45, 2.75) is 31.8 Å². The Hall–Kier alpha value is -1.23. The van der Waals surface area contributed by atoms with E-state index >= 15 is 0 Å². The summed E-state index contributed by atoms with van der Waals surface area (Å²) in [6, 6.07) is 5.39. The molecular formula is C12H18N2O2S. The third kappa shape index (κ3) is 4.26. The minimum absolute atomic E-state index is 0.161. The van der Waals surface area contributed by atoms with Crippen LogP contribution in [0.4, 0.5) is 11.4 Å². The number of nitro benzene ring substituents is 1. The third-order valence-electron chi connectivity index (χ3n) is 2.21. The Bertz CT molecular complexity index is 394. The lowest BCUT2D eigenvalue weighted by molar-refractivity contribution is -0.384. The van der Waals surface area contributed by atoms with E-state index in [9.17, 15) is 10.1 Å². The first kappa shape index (κ1) is 13.8. The molecule has 1 N–H and O–H groups in total. The number of nitrogens with zero attached hydrogens (tertiary/aromatic N) is 1. The first-order valence-corrected chi connectivity index (χ1v) is 6.72. The van der Waals surface area contributed by atoms with Crippen molar-refractivity contribution in [3.63, 3.8) is 0 Å². The highest BCUT2D eigenvalue weighted by atomic mass is 32.2. The molecule has 1 aromatic rings. The molecule has 0 radical (unpaired) electrons. The van der Waals surface area contributed by atoms with Crippen molar-refractivity contribution in [1.29, 1.82) is 0 Å². The van der Waals surface area contributed by atoms with Crippen LogP contribution in [-0.4, -0.2) is 16.7 Å². The van der Waals surface area contributed by atoms with E-state index in [0.29, 0.717) is 17.5 Å². The molecule has 0 spiro atoms. The van der Waals surface area contributed by atoms with Gasteiger partial charge in [-0.25, -0.2) is 0 Å². The minimum atomic E-state index is -0.332. The zero-order chi connectivity index (χ0) is 12.8. The quantitative estimate of drug-likeness (QED) is 0.621. The van der Waals surface area contributed by atoms with Crippen LogP contribution in [0.25, 0.3) is 0 Å². The highest BCUT2D eigenvalue weighted by Crippen LogP contribution is 2.27. The van der Waals surface area contributed by atoms with Crippen molar-refractivity contribution in [2.24, 2.45) is 0 Å². The molecule has 0 aromatic heterocycles. The van der Waals surface area contributed by atoms with Crippen LogP contribution < -0.4 is 5.32 Å². The number of rotatable bonds is 6. The highest BCUT2D eigenvalue weighted by Gasteiger charge is 2.13. The van der Waals surface area contributed by atoms with Gasteiger partial charge in [-0.3, -0.25) is 10.1 Å². The molecule has 0 heterocycles. The Morgan fingerprint density at radius 3 is 2.71 bits per heavy atom. The Labute approximate surface area is 106 Å². The summed E-state index contributed by atoms with van der Waals surface area (Å²) in [5.74, 6) is 0.810. The topological polar surface area (TPSA) is 55.2 Å². The van der Waals surface area contributed by atoms with Gasteiger partial charge in [-0.05, 0) is 23.8 Å². The molecule has 0 aliphatic carbocycles. The molecule has 0 bridgehead atoms. The van der Waals surface area contributed by atoms with Gasteiger partial charge >= 0.3 is 0 Å². The monoisotopic (exact) mass is 254 g/mol. The number of nitrogens with one attached hydrogen (secondary N) is 1. The molecule has 0 saturated heterocycles. The zero-order valence-electron chi connectivity index (χ0n) is 10.4. The zero-order valence-corrected chi connectivity index (χ0v) is 11.2. The maximum absolute atomic E-state index is 10.9. The van der Waals surface area contributed by atoms with E-state index in [4.69, 9.17) is 0 Å². The second kappa shape index (κ2) is 6.49. The fourth-order valence-corrected chi connectivity index (χ4v) is 2.13. The summed E-state index contributed by atoms with van der Waals surface area (Å²) in [6.45, 7) is 6.84. The second-order valence-electron chi connectivity index (χ2n) is 4.00. The molecule has 17 heavy (non-hydrogen) atoms. The van der Waals surface area contributed by atoms with E-state index < -0.39 is 0 Å². The summed E-state index contributed by atoms with van der Waals surface area (Å²) in [5, 5.41) is 14.5. The molecule has 5 heteroatoms. The smallest absolute Gasteiger partial charge is 0.292 e. The Balaban J connectivity index is 2.89. The summed E-state index contributed by atoms with van der Waals surface area (Å²) in [7, 11) is 0. The predicted octanol–water partition coefficient (Wildman–Crippen LogP) is 3.67. The highest BCUT2D eigenvalue weighted by molar-refractivity contribution is 7.99. The molecule has 0 aliphatic rings. The van der Waals surface area contributed by atoms with Crippen LogP contribution in [0.5, 0.6) is 0 Å². The molecule has 1 rings (SSSR count). The fourth-order valence-electron chi connectivity index (χ4n) is 1.42. The minimum Gasteiger partial charge on any atom is -0.380 e. The van der Waals surface area contributed by atoms with Crippen molar-refractivity contribution >= 4 is 23.1 Å². The van der Waals surface area contributed by atoms with Gasteiger partial charge in [0.05, 0.1) is 4.92 Å². The van der Waals surface area contributed by atoms with Crippen LogP contribution in [-0.2, 0) is 5.75 Å². The number of anilines is 1. The predicted molar refractivity (Wildman–Crippen MR) is 73.7 cm³/mol. The normalized spacial score (nSPS) is 10.6. The van der Waals surface area contributed by atoms with Crippen molar-refractivity contribution in [3.05, 3.63) is 33.9 Å². The molecule has 0 atom stereocenters.